The molecule has 1 atom stereocenters. The maximum absolute atomic E-state index is 12.4. The summed E-state index contributed by atoms with van der Waals surface area (Å²) in [5.74, 6) is 0.134. The molecule has 34 heavy (non-hydrogen) atoms. The topological polar surface area (TPSA) is 110 Å². The number of piperidine rings is 1. The molecule has 0 saturated carbocycles. The molecule has 2 fully saturated rings. The van der Waals surface area contributed by atoms with Gasteiger partial charge in [0.25, 0.3) is 0 Å². The van der Waals surface area contributed by atoms with Gasteiger partial charge in [-0.3, -0.25) is 4.79 Å². The summed E-state index contributed by atoms with van der Waals surface area (Å²) in [5.41, 5.74) is 8.04. The number of carbonyl (C=O) groups is 1. The molecule has 8 heteroatoms. The maximum atomic E-state index is 12.4. The van der Waals surface area contributed by atoms with Crippen molar-refractivity contribution in [1.29, 1.82) is 10.5 Å². The Labute approximate surface area is 205 Å². The number of carbonyl (C=O) groups excluding carboxylic acids is 1. The van der Waals surface area contributed by atoms with Crippen molar-refractivity contribution < 1.29 is 4.79 Å². The third-order valence-electron chi connectivity index (χ3n) is 6.84. The molecule has 4 rings (SSSR count). The largest absolute Gasteiger partial charge is 0.368 e. The second-order valence-corrected chi connectivity index (χ2v) is 9.91. The molecule has 176 valence electrons. The van der Waals surface area contributed by atoms with E-state index in [4.69, 9.17) is 10.7 Å². The molecule has 0 unspecified atom stereocenters. The van der Waals surface area contributed by atoms with E-state index in [2.05, 4.69) is 21.9 Å². The number of nitrogens with zero attached hydrogens (tertiary/aromatic N) is 5. The number of aromatic nitrogens is 1. The fraction of sp³-hybridized carbons (Fsp3) is 0.462. The van der Waals surface area contributed by atoms with Crippen LogP contribution in [0.2, 0.25) is 0 Å². The maximum Gasteiger partial charge on any atom is 0.235 e. The van der Waals surface area contributed by atoms with Gasteiger partial charge in [0.1, 0.15) is 28.2 Å². The van der Waals surface area contributed by atoms with E-state index in [9.17, 15) is 15.3 Å². The van der Waals surface area contributed by atoms with Crippen LogP contribution in [0.5, 0.6) is 0 Å². The van der Waals surface area contributed by atoms with Crippen molar-refractivity contribution >= 4 is 23.5 Å². The van der Waals surface area contributed by atoms with Crippen molar-refractivity contribution in [3.8, 4) is 12.1 Å². The second-order valence-electron chi connectivity index (χ2n) is 8.82. The summed E-state index contributed by atoms with van der Waals surface area (Å²) in [6, 6.07) is 14.4. The first-order chi connectivity index (χ1) is 16.6. The second kappa shape index (κ2) is 10.9. The molecule has 2 N–H and O–H groups in total. The molecular formula is C26H30N6OS. The van der Waals surface area contributed by atoms with Gasteiger partial charge in [-0.25, -0.2) is 4.98 Å². The Morgan fingerprint density at radius 2 is 1.76 bits per heavy atom. The lowest BCUT2D eigenvalue weighted by molar-refractivity contribution is -0.117. The van der Waals surface area contributed by atoms with Gasteiger partial charge in [0.15, 0.2) is 0 Å². The molecule has 1 aromatic heterocycles. The van der Waals surface area contributed by atoms with Gasteiger partial charge in [-0.05, 0) is 56.3 Å². The predicted molar refractivity (Wildman–Crippen MR) is 133 cm³/mol. The first kappa shape index (κ1) is 24.1. The van der Waals surface area contributed by atoms with Crippen molar-refractivity contribution in [2.45, 2.75) is 55.3 Å². The smallest absolute Gasteiger partial charge is 0.235 e. The summed E-state index contributed by atoms with van der Waals surface area (Å²) in [4.78, 5) is 22.0. The van der Waals surface area contributed by atoms with Crippen LogP contribution in [0.3, 0.4) is 0 Å². The van der Waals surface area contributed by atoms with E-state index in [1.165, 1.54) is 37.7 Å². The van der Waals surface area contributed by atoms with E-state index in [0.717, 1.165) is 31.5 Å². The summed E-state index contributed by atoms with van der Waals surface area (Å²) in [7, 11) is 0. The summed E-state index contributed by atoms with van der Waals surface area (Å²) < 4.78 is 0. The zero-order valence-corrected chi connectivity index (χ0v) is 20.4. The SMILES string of the molecule is CCc1c(C#N)c(S[C@@H](C(N)=O)c2ccccc2)nc(N2CCC(N3CCCC3)CC2)c1C#N. The fourth-order valence-electron chi connectivity index (χ4n) is 5.08. The molecule has 2 aliphatic rings. The van der Waals surface area contributed by atoms with Crippen molar-refractivity contribution in [3.63, 3.8) is 0 Å². The van der Waals surface area contributed by atoms with E-state index in [0.29, 0.717) is 40.0 Å². The van der Waals surface area contributed by atoms with Gasteiger partial charge < -0.3 is 15.5 Å². The highest BCUT2D eigenvalue weighted by atomic mass is 32.2. The summed E-state index contributed by atoms with van der Waals surface area (Å²) in [5, 5.41) is 19.8. The Morgan fingerprint density at radius 3 is 2.32 bits per heavy atom. The van der Waals surface area contributed by atoms with Crippen LogP contribution in [0.25, 0.3) is 0 Å². The Hall–Kier alpha value is -3.07. The van der Waals surface area contributed by atoms with E-state index in [1.807, 2.05) is 37.3 Å². The van der Waals surface area contributed by atoms with E-state index >= 15 is 0 Å². The van der Waals surface area contributed by atoms with Gasteiger partial charge in [-0.15, -0.1) is 0 Å². The molecule has 0 spiro atoms. The van der Waals surface area contributed by atoms with Crippen LogP contribution in [-0.4, -0.2) is 48.0 Å². The molecule has 0 radical (unpaired) electrons. The number of primary amides is 1. The quantitative estimate of drug-likeness (QED) is 0.608. The number of pyridine rings is 1. The Morgan fingerprint density at radius 1 is 1.12 bits per heavy atom. The molecule has 1 aromatic carbocycles. The molecule has 2 saturated heterocycles. The van der Waals surface area contributed by atoms with Crippen molar-refractivity contribution in [1.82, 2.24) is 9.88 Å². The minimum Gasteiger partial charge on any atom is -0.368 e. The summed E-state index contributed by atoms with van der Waals surface area (Å²) >= 11 is 1.20. The summed E-state index contributed by atoms with van der Waals surface area (Å²) in [6.07, 6.45) is 5.15. The Kier molecular flexibility index (Phi) is 7.72. The van der Waals surface area contributed by atoms with Crippen molar-refractivity contribution in [2.75, 3.05) is 31.1 Å². The number of hydrogen-bond acceptors (Lipinski definition) is 7. The van der Waals surface area contributed by atoms with Crippen LogP contribution < -0.4 is 10.6 Å². The highest BCUT2D eigenvalue weighted by Gasteiger charge is 2.31. The van der Waals surface area contributed by atoms with Crippen LogP contribution in [0.4, 0.5) is 5.82 Å². The lowest BCUT2D eigenvalue weighted by Gasteiger charge is -2.37. The number of rotatable bonds is 7. The average Bonchev–Trinajstić information content (AvgIpc) is 3.41. The first-order valence-corrected chi connectivity index (χ1v) is 12.8. The van der Waals surface area contributed by atoms with Crippen LogP contribution in [-0.2, 0) is 11.2 Å². The molecule has 3 heterocycles. The highest BCUT2D eigenvalue weighted by Crippen LogP contribution is 2.40. The number of thioether (sulfide) groups is 1. The van der Waals surface area contributed by atoms with Crippen molar-refractivity contribution in [3.05, 3.63) is 52.6 Å². The average molecular weight is 475 g/mol. The number of nitrogens with two attached hydrogens (primary N) is 1. The van der Waals surface area contributed by atoms with Crippen LogP contribution in [0.15, 0.2) is 35.4 Å². The number of benzene rings is 1. The molecule has 2 aromatic rings. The third-order valence-corrected chi connectivity index (χ3v) is 8.10. The van der Waals surface area contributed by atoms with Crippen LogP contribution >= 0.6 is 11.8 Å². The van der Waals surface area contributed by atoms with E-state index in [-0.39, 0.29) is 0 Å². The van der Waals surface area contributed by atoms with Crippen LogP contribution in [0.1, 0.15) is 60.1 Å². The van der Waals surface area contributed by atoms with Gasteiger partial charge in [-0.1, -0.05) is 49.0 Å². The predicted octanol–water partition coefficient (Wildman–Crippen LogP) is 3.77. The Bertz CT molecular complexity index is 1110. The first-order valence-electron chi connectivity index (χ1n) is 11.9. The monoisotopic (exact) mass is 474 g/mol. The van der Waals surface area contributed by atoms with Gasteiger partial charge >= 0.3 is 0 Å². The fourth-order valence-corrected chi connectivity index (χ4v) is 6.14. The minimum absolute atomic E-state index is 0.363. The molecule has 0 bridgehead atoms. The zero-order chi connectivity index (χ0) is 24.1. The number of nitriles is 2. The van der Waals surface area contributed by atoms with E-state index < -0.39 is 11.2 Å². The van der Waals surface area contributed by atoms with Gasteiger partial charge in [0.2, 0.25) is 5.91 Å². The van der Waals surface area contributed by atoms with Crippen LogP contribution in [0, 0.1) is 22.7 Å². The standard InChI is InChI=1S/C26H30N6OS/c1-2-20-21(16-27)25(32-14-10-19(11-15-32)31-12-6-7-13-31)30-26(22(20)17-28)34-23(24(29)33)18-8-4-3-5-9-18/h3-5,8-9,19,23H,2,6-7,10-15H2,1H3,(H2,29,33)/t23-/m1/s1. The summed E-state index contributed by atoms with van der Waals surface area (Å²) in [6.45, 7) is 5.94. The normalized spacial score (nSPS) is 17.8. The Balaban J connectivity index is 1.69. The number of anilines is 1. The number of amides is 1. The van der Waals surface area contributed by atoms with E-state index in [1.54, 1.807) is 0 Å². The molecular weight excluding hydrogens is 444 g/mol. The highest BCUT2D eigenvalue weighted by molar-refractivity contribution is 8.00. The van der Waals surface area contributed by atoms with Crippen molar-refractivity contribution in [2.24, 2.45) is 5.73 Å². The lowest BCUT2D eigenvalue weighted by Crippen LogP contribution is -2.44. The van der Waals surface area contributed by atoms with Gasteiger partial charge in [0.05, 0.1) is 11.1 Å². The van der Waals surface area contributed by atoms with Gasteiger partial charge in [0, 0.05) is 19.1 Å². The zero-order valence-electron chi connectivity index (χ0n) is 19.5. The lowest BCUT2D eigenvalue weighted by atomic mass is 9.99. The molecule has 0 aliphatic carbocycles. The third kappa shape index (κ3) is 4.89. The van der Waals surface area contributed by atoms with Gasteiger partial charge in [-0.2, -0.15) is 10.5 Å². The molecule has 7 nitrogen and oxygen atoms in total. The number of hydrogen-bond donors (Lipinski definition) is 1. The molecule has 1 amide bonds. The number of likely N-dealkylation sites (tertiary alicyclic amines) is 1. The molecule has 2 aliphatic heterocycles. The minimum atomic E-state index is -0.674.